The average Bonchev–Trinajstić information content (AvgIpc) is 2.79. The molecule has 1 heterocycles. The maximum Gasteiger partial charge on any atom is 0.177 e. The molecule has 0 radical (unpaired) electrons. The van der Waals surface area contributed by atoms with Crippen molar-refractivity contribution >= 4 is 0 Å². The molecule has 0 aliphatic heterocycles. The Kier molecular flexibility index (Phi) is 3.37. The summed E-state index contributed by atoms with van der Waals surface area (Å²) in [6.07, 6.45) is 0. The van der Waals surface area contributed by atoms with E-state index >= 15 is 0 Å². The number of nitrogens with zero attached hydrogens (tertiary/aromatic N) is 4. The molecule has 0 aliphatic rings. The Balaban J connectivity index is 2.08. The van der Waals surface area contributed by atoms with Crippen molar-refractivity contribution in [3.05, 3.63) is 35.7 Å². The fraction of sp³-hybridized carbons (Fsp3) is 0.417. The molecule has 0 saturated carbocycles. The highest BCUT2D eigenvalue weighted by Crippen LogP contribution is 2.12. The fourth-order valence-electron chi connectivity index (χ4n) is 1.45. The van der Waals surface area contributed by atoms with E-state index in [0.29, 0.717) is 12.5 Å². The second-order valence-electron chi connectivity index (χ2n) is 4.18. The third-order valence-corrected chi connectivity index (χ3v) is 2.47. The Hall–Kier alpha value is -1.91. The fourth-order valence-corrected chi connectivity index (χ4v) is 1.45. The second kappa shape index (κ2) is 4.95. The van der Waals surface area contributed by atoms with E-state index in [2.05, 4.69) is 29.3 Å². The molecule has 5 heteroatoms. The molecule has 90 valence electrons. The number of rotatable bonds is 4. The molecule has 0 amide bonds. The van der Waals surface area contributed by atoms with E-state index < -0.39 is 0 Å². The van der Waals surface area contributed by atoms with Gasteiger partial charge in [0, 0.05) is 5.92 Å². The lowest BCUT2D eigenvalue weighted by atomic mass is 10.2. The van der Waals surface area contributed by atoms with E-state index in [1.165, 1.54) is 0 Å². The first-order chi connectivity index (χ1) is 8.19. The van der Waals surface area contributed by atoms with Gasteiger partial charge in [0.2, 0.25) is 0 Å². The number of hydrogen-bond acceptors (Lipinski definition) is 4. The van der Waals surface area contributed by atoms with Crippen molar-refractivity contribution in [2.24, 2.45) is 0 Å². The minimum Gasteiger partial charge on any atom is -0.497 e. The van der Waals surface area contributed by atoms with Crippen LogP contribution in [0.4, 0.5) is 0 Å². The van der Waals surface area contributed by atoms with Crippen molar-refractivity contribution < 1.29 is 4.74 Å². The van der Waals surface area contributed by atoms with Gasteiger partial charge in [-0.2, -0.15) is 4.80 Å². The van der Waals surface area contributed by atoms with Crippen LogP contribution in [-0.2, 0) is 6.54 Å². The van der Waals surface area contributed by atoms with E-state index in [-0.39, 0.29) is 0 Å². The van der Waals surface area contributed by atoms with Crippen LogP contribution in [0.2, 0.25) is 0 Å². The summed E-state index contributed by atoms with van der Waals surface area (Å²) in [6.45, 7) is 4.73. The lowest BCUT2D eigenvalue weighted by molar-refractivity contribution is 0.414. The molecule has 2 aromatic rings. The zero-order valence-corrected chi connectivity index (χ0v) is 10.3. The van der Waals surface area contributed by atoms with Gasteiger partial charge < -0.3 is 4.74 Å². The second-order valence-corrected chi connectivity index (χ2v) is 4.18. The number of methoxy groups -OCH3 is 1. The normalized spacial score (nSPS) is 10.8. The van der Waals surface area contributed by atoms with Gasteiger partial charge in [0.05, 0.1) is 13.7 Å². The summed E-state index contributed by atoms with van der Waals surface area (Å²) in [4.78, 5) is 1.61. The largest absolute Gasteiger partial charge is 0.497 e. The number of aromatic nitrogens is 4. The van der Waals surface area contributed by atoms with Crippen LogP contribution in [0.3, 0.4) is 0 Å². The maximum atomic E-state index is 5.10. The SMILES string of the molecule is COc1ccc(Cn2nnc(C(C)C)n2)cc1. The van der Waals surface area contributed by atoms with Crippen LogP contribution in [0.25, 0.3) is 0 Å². The first-order valence-corrected chi connectivity index (χ1v) is 5.59. The molecule has 0 unspecified atom stereocenters. The van der Waals surface area contributed by atoms with Crippen LogP contribution in [-0.4, -0.2) is 27.3 Å². The van der Waals surface area contributed by atoms with Gasteiger partial charge >= 0.3 is 0 Å². The van der Waals surface area contributed by atoms with Crippen molar-refractivity contribution in [3.63, 3.8) is 0 Å². The van der Waals surface area contributed by atoms with Crippen LogP contribution in [0, 0.1) is 0 Å². The summed E-state index contributed by atoms with van der Waals surface area (Å²) in [5.41, 5.74) is 1.12. The Bertz CT molecular complexity index is 476. The molecule has 1 aromatic carbocycles. The molecule has 0 aliphatic carbocycles. The number of hydrogen-bond donors (Lipinski definition) is 0. The predicted octanol–water partition coefficient (Wildman–Crippen LogP) is 1.85. The predicted molar refractivity (Wildman–Crippen MR) is 64.0 cm³/mol. The summed E-state index contributed by atoms with van der Waals surface area (Å²) in [5, 5.41) is 12.3. The van der Waals surface area contributed by atoms with Crippen molar-refractivity contribution in [1.29, 1.82) is 0 Å². The highest BCUT2D eigenvalue weighted by atomic mass is 16.5. The molecule has 17 heavy (non-hydrogen) atoms. The Labute approximate surface area is 100 Å². The minimum absolute atomic E-state index is 0.305. The molecular formula is C12H16N4O. The smallest absolute Gasteiger partial charge is 0.177 e. The van der Waals surface area contributed by atoms with E-state index in [4.69, 9.17) is 4.74 Å². The van der Waals surface area contributed by atoms with Gasteiger partial charge in [-0.1, -0.05) is 26.0 Å². The van der Waals surface area contributed by atoms with Crippen LogP contribution >= 0.6 is 0 Å². The van der Waals surface area contributed by atoms with E-state index in [1.54, 1.807) is 11.9 Å². The summed E-state index contributed by atoms with van der Waals surface area (Å²) in [6, 6.07) is 7.85. The highest BCUT2D eigenvalue weighted by Gasteiger charge is 2.06. The molecule has 0 fully saturated rings. The topological polar surface area (TPSA) is 52.8 Å². The quantitative estimate of drug-likeness (QED) is 0.807. The zero-order valence-electron chi connectivity index (χ0n) is 10.3. The summed E-state index contributed by atoms with van der Waals surface area (Å²) < 4.78 is 5.10. The van der Waals surface area contributed by atoms with E-state index in [1.807, 2.05) is 24.3 Å². The Morgan fingerprint density at radius 3 is 2.47 bits per heavy atom. The molecule has 0 spiro atoms. The summed E-state index contributed by atoms with van der Waals surface area (Å²) in [7, 11) is 1.66. The van der Waals surface area contributed by atoms with Crippen LogP contribution in [0.1, 0.15) is 31.2 Å². The van der Waals surface area contributed by atoms with Gasteiger partial charge in [0.15, 0.2) is 5.82 Å². The van der Waals surface area contributed by atoms with Crippen molar-refractivity contribution in [2.75, 3.05) is 7.11 Å². The molecule has 1 aromatic heterocycles. The monoisotopic (exact) mass is 232 g/mol. The lowest BCUT2D eigenvalue weighted by Crippen LogP contribution is -2.04. The number of ether oxygens (including phenoxy) is 1. The van der Waals surface area contributed by atoms with Gasteiger partial charge in [-0.05, 0) is 22.9 Å². The number of tetrazole rings is 1. The van der Waals surface area contributed by atoms with Gasteiger partial charge in [-0.3, -0.25) is 0 Å². The number of benzene rings is 1. The van der Waals surface area contributed by atoms with Crippen LogP contribution < -0.4 is 4.74 Å². The first-order valence-electron chi connectivity index (χ1n) is 5.59. The molecular weight excluding hydrogens is 216 g/mol. The Morgan fingerprint density at radius 1 is 1.24 bits per heavy atom. The average molecular weight is 232 g/mol. The third-order valence-electron chi connectivity index (χ3n) is 2.47. The maximum absolute atomic E-state index is 5.10. The Morgan fingerprint density at radius 2 is 1.94 bits per heavy atom. The molecule has 0 atom stereocenters. The standard InChI is InChI=1S/C12H16N4O/c1-9(2)12-13-15-16(14-12)8-10-4-6-11(17-3)7-5-10/h4-7,9H,8H2,1-3H3. The lowest BCUT2D eigenvalue weighted by Gasteiger charge is -2.02. The third kappa shape index (κ3) is 2.81. The summed E-state index contributed by atoms with van der Waals surface area (Å²) >= 11 is 0. The van der Waals surface area contributed by atoms with Gasteiger partial charge in [0.25, 0.3) is 0 Å². The highest BCUT2D eigenvalue weighted by molar-refractivity contribution is 5.27. The van der Waals surface area contributed by atoms with Gasteiger partial charge in [-0.15, -0.1) is 10.2 Å². The molecule has 0 N–H and O–H groups in total. The first kappa shape index (κ1) is 11.6. The van der Waals surface area contributed by atoms with Crippen molar-refractivity contribution in [1.82, 2.24) is 20.2 Å². The van der Waals surface area contributed by atoms with Crippen molar-refractivity contribution in [2.45, 2.75) is 26.3 Å². The van der Waals surface area contributed by atoms with E-state index in [0.717, 1.165) is 17.1 Å². The van der Waals surface area contributed by atoms with Crippen LogP contribution in [0.15, 0.2) is 24.3 Å². The molecule has 0 bridgehead atoms. The molecule has 5 nitrogen and oxygen atoms in total. The zero-order chi connectivity index (χ0) is 12.3. The van der Waals surface area contributed by atoms with Gasteiger partial charge in [-0.25, -0.2) is 0 Å². The van der Waals surface area contributed by atoms with E-state index in [9.17, 15) is 0 Å². The van der Waals surface area contributed by atoms with Gasteiger partial charge in [0.1, 0.15) is 5.75 Å². The molecule has 2 rings (SSSR count). The molecule has 0 saturated heterocycles. The van der Waals surface area contributed by atoms with Crippen LogP contribution in [0.5, 0.6) is 5.75 Å². The minimum atomic E-state index is 0.305. The van der Waals surface area contributed by atoms with Crippen molar-refractivity contribution in [3.8, 4) is 5.75 Å². The summed E-state index contributed by atoms with van der Waals surface area (Å²) in [5.74, 6) is 1.93.